The average molecular weight is 280 g/mol. The third-order valence-electron chi connectivity index (χ3n) is 2.63. The summed E-state index contributed by atoms with van der Waals surface area (Å²) >= 11 is 3.59. The molecule has 0 atom stereocenters. The first-order valence-corrected chi connectivity index (χ1v) is 6.00. The Morgan fingerprint density at radius 1 is 1.44 bits per heavy atom. The van der Waals surface area contributed by atoms with Crippen LogP contribution in [0.1, 0.15) is 6.92 Å². The summed E-state index contributed by atoms with van der Waals surface area (Å²) in [4.78, 5) is 6.24. The first kappa shape index (κ1) is 11.2. The highest BCUT2D eigenvalue weighted by atomic mass is 79.9. The molecular formula is C12H14BrN3. The second-order valence-corrected chi connectivity index (χ2v) is 4.47. The Morgan fingerprint density at radius 2 is 2.25 bits per heavy atom. The Balaban J connectivity index is 2.37. The molecule has 2 rings (SSSR count). The maximum Gasteiger partial charge on any atom is 0.0992 e. The second-order valence-electron chi connectivity index (χ2n) is 3.62. The van der Waals surface area contributed by atoms with Crippen molar-refractivity contribution in [1.29, 1.82) is 0 Å². The maximum atomic E-state index is 4.05. The van der Waals surface area contributed by atoms with E-state index in [9.17, 15) is 0 Å². The van der Waals surface area contributed by atoms with E-state index >= 15 is 0 Å². The molecular weight excluding hydrogens is 266 g/mol. The third kappa shape index (κ3) is 2.11. The molecule has 0 aliphatic heterocycles. The number of nitrogens with zero attached hydrogens (tertiary/aromatic N) is 3. The third-order valence-corrected chi connectivity index (χ3v) is 3.26. The molecule has 2 aromatic rings. The van der Waals surface area contributed by atoms with Gasteiger partial charge in [0, 0.05) is 36.1 Å². The lowest BCUT2D eigenvalue weighted by Gasteiger charge is -2.18. The van der Waals surface area contributed by atoms with Gasteiger partial charge in [-0.25, -0.2) is 4.98 Å². The molecule has 0 saturated carbocycles. The van der Waals surface area contributed by atoms with Crippen LogP contribution in [0.3, 0.4) is 0 Å². The van der Waals surface area contributed by atoms with Crippen LogP contribution in [0.4, 0.5) is 5.69 Å². The first-order valence-electron chi connectivity index (χ1n) is 5.21. The van der Waals surface area contributed by atoms with Crippen LogP contribution in [0.5, 0.6) is 0 Å². The van der Waals surface area contributed by atoms with E-state index in [1.807, 2.05) is 10.8 Å². The zero-order chi connectivity index (χ0) is 11.5. The highest BCUT2D eigenvalue weighted by Gasteiger charge is 2.05. The summed E-state index contributed by atoms with van der Waals surface area (Å²) in [6.45, 7) is 3.13. The number of hydrogen-bond donors (Lipinski definition) is 0. The fraction of sp³-hybridized carbons (Fsp3) is 0.250. The van der Waals surface area contributed by atoms with Gasteiger partial charge in [-0.05, 0) is 41.1 Å². The van der Waals surface area contributed by atoms with Gasteiger partial charge in [-0.15, -0.1) is 0 Å². The molecule has 1 aromatic carbocycles. The normalized spacial score (nSPS) is 10.4. The van der Waals surface area contributed by atoms with E-state index in [-0.39, 0.29) is 0 Å². The summed E-state index contributed by atoms with van der Waals surface area (Å²) in [5.74, 6) is 0. The van der Waals surface area contributed by atoms with Gasteiger partial charge >= 0.3 is 0 Å². The Hall–Kier alpha value is -1.29. The monoisotopic (exact) mass is 279 g/mol. The van der Waals surface area contributed by atoms with E-state index in [0.29, 0.717) is 0 Å². The molecule has 0 fully saturated rings. The number of halogens is 1. The van der Waals surface area contributed by atoms with E-state index in [1.165, 1.54) is 5.69 Å². The number of benzene rings is 1. The molecule has 0 aliphatic rings. The number of rotatable bonds is 3. The van der Waals surface area contributed by atoms with Gasteiger partial charge in [0.1, 0.15) is 0 Å². The van der Waals surface area contributed by atoms with Crippen LogP contribution >= 0.6 is 15.9 Å². The lowest BCUT2D eigenvalue weighted by atomic mass is 10.2. The molecule has 0 saturated heterocycles. The molecule has 1 heterocycles. The van der Waals surface area contributed by atoms with Crippen molar-refractivity contribution in [2.45, 2.75) is 6.92 Å². The van der Waals surface area contributed by atoms with Crippen molar-refractivity contribution in [1.82, 2.24) is 9.55 Å². The minimum Gasteiger partial charge on any atom is -0.375 e. The summed E-state index contributed by atoms with van der Waals surface area (Å²) in [6.07, 6.45) is 5.51. The minimum absolute atomic E-state index is 0.997. The van der Waals surface area contributed by atoms with Gasteiger partial charge in [0.25, 0.3) is 0 Å². The van der Waals surface area contributed by atoms with Crippen molar-refractivity contribution in [2.75, 3.05) is 18.5 Å². The average Bonchev–Trinajstić information content (AvgIpc) is 2.81. The van der Waals surface area contributed by atoms with E-state index in [4.69, 9.17) is 0 Å². The topological polar surface area (TPSA) is 21.1 Å². The fourth-order valence-corrected chi connectivity index (χ4v) is 2.10. The molecule has 0 N–H and O–H groups in total. The molecule has 84 valence electrons. The molecule has 0 radical (unpaired) electrons. The highest BCUT2D eigenvalue weighted by Crippen LogP contribution is 2.26. The molecule has 0 unspecified atom stereocenters. The lowest BCUT2D eigenvalue weighted by Crippen LogP contribution is -2.15. The standard InChI is InChI=1S/C12H14BrN3/c1-3-15(2)10-4-5-12(11(13)8-10)16-7-6-14-9-16/h4-9H,3H2,1-2H3. The fourth-order valence-electron chi connectivity index (χ4n) is 1.53. The largest absolute Gasteiger partial charge is 0.375 e. The lowest BCUT2D eigenvalue weighted by molar-refractivity contribution is 0.964. The predicted octanol–water partition coefficient (Wildman–Crippen LogP) is 3.09. The van der Waals surface area contributed by atoms with Crippen LogP contribution in [-0.4, -0.2) is 23.1 Å². The zero-order valence-corrected chi connectivity index (χ0v) is 11.0. The predicted molar refractivity (Wildman–Crippen MR) is 70.2 cm³/mol. The van der Waals surface area contributed by atoms with Crippen molar-refractivity contribution in [2.24, 2.45) is 0 Å². The van der Waals surface area contributed by atoms with Crippen LogP contribution in [0.2, 0.25) is 0 Å². The van der Waals surface area contributed by atoms with Crippen LogP contribution in [0.15, 0.2) is 41.4 Å². The van der Waals surface area contributed by atoms with Crippen molar-refractivity contribution >= 4 is 21.6 Å². The quantitative estimate of drug-likeness (QED) is 0.861. The minimum atomic E-state index is 0.997. The van der Waals surface area contributed by atoms with E-state index in [1.54, 1.807) is 12.5 Å². The van der Waals surface area contributed by atoms with Gasteiger partial charge in [-0.3, -0.25) is 0 Å². The summed E-state index contributed by atoms with van der Waals surface area (Å²) in [7, 11) is 2.08. The maximum absolute atomic E-state index is 4.05. The molecule has 3 nitrogen and oxygen atoms in total. The van der Waals surface area contributed by atoms with Crippen molar-refractivity contribution in [3.05, 3.63) is 41.4 Å². The van der Waals surface area contributed by atoms with E-state index in [2.05, 4.69) is 58.0 Å². The summed E-state index contributed by atoms with van der Waals surface area (Å²) in [6, 6.07) is 6.33. The van der Waals surface area contributed by atoms with E-state index < -0.39 is 0 Å². The van der Waals surface area contributed by atoms with Crippen molar-refractivity contribution in [3.63, 3.8) is 0 Å². The Labute approximate surface area is 104 Å². The molecule has 0 spiro atoms. The highest BCUT2D eigenvalue weighted by molar-refractivity contribution is 9.10. The van der Waals surface area contributed by atoms with Crippen LogP contribution in [0.25, 0.3) is 5.69 Å². The number of aromatic nitrogens is 2. The SMILES string of the molecule is CCN(C)c1ccc(-n2ccnc2)c(Br)c1. The summed E-state index contributed by atoms with van der Waals surface area (Å²) in [5.41, 5.74) is 2.31. The number of imidazole rings is 1. The van der Waals surface area contributed by atoms with Gasteiger partial charge in [0.15, 0.2) is 0 Å². The number of anilines is 1. The molecule has 0 bridgehead atoms. The summed E-state index contributed by atoms with van der Waals surface area (Å²) in [5, 5.41) is 0. The van der Waals surface area contributed by atoms with E-state index in [0.717, 1.165) is 16.7 Å². The molecule has 0 aliphatic carbocycles. The Morgan fingerprint density at radius 3 is 2.81 bits per heavy atom. The molecule has 1 aromatic heterocycles. The zero-order valence-electron chi connectivity index (χ0n) is 9.39. The smallest absolute Gasteiger partial charge is 0.0992 e. The number of hydrogen-bond acceptors (Lipinski definition) is 2. The van der Waals surface area contributed by atoms with Gasteiger partial charge in [-0.1, -0.05) is 0 Å². The Bertz CT molecular complexity index is 465. The summed E-state index contributed by atoms with van der Waals surface area (Å²) < 4.78 is 3.06. The van der Waals surface area contributed by atoms with Gasteiger partial charge < -0.3 is 9.47 Å². The Kier molecular flexibility index (Phi) is 3.29. The molecule has 0 amide bonds. The first-order chi connectivity index (χ1) is 7.72. The van der Waals surface area contributed by atoms with Gasteiger partial charge in [0.2, 0.25) is 0 Å². The van der Waals surface area contributed by atoms with Gasteiger partial charge in [0.05, 0.1) is 12.0 Å². The van der Waals surface area contributed by atoms with Crippen LogP contribution in [0, 0.1) is 0 Å². The van der Waals surface area contributed by atoms with Crippen LogP contribution < -0.4 is 4.90 Å². The molecule has 16 heavy (non-hydrogen) atoms. The van der Waals surface area contributed by atoms with Gasteiger partial charge in [-0.2, -0.15) is 0 Å². The van der Waals surface area contributed by atoms with Crippen molar-refractivity contribution in [3.8, 4) is 5.69 Å². The molecule has 4 heteroatoms. The van der Waals surface area contributed by atoms with Crippen molar-refractivity contribution < 1.29 is 0 Å². The second kappa shape index (κ2) is 4.70. The van der Waals surface area contributed by atoms with Crippen LogP contribution in [-0.2, 0) is 0 Å².